The topological polar surface area (TPSA) is 66.5 Å². The summed E-state index contributed by atoms with van der Waals surface area (Å²) in [6.45, 7) is 4.56. The Morgan fingerprint density at radius 1 is 1.25 bits per heavy atom. The number of hydrogen-bond acceptors (Lipinski definition) is 4. The zero-order valence-corrected chi connectivity index (χ0v) is 12.6. The molecule has 0 aromatic heterocycles. The number of nitrogens with zero attached hydrogens (tertiary/aromatic N) is 1. The second-order valence-corrected chi connectivity index (χ2v) is 6.99. The van der Waals surface area contributed by atoms with Crippen molar-refractivity contribution >= 4 is 21.5 Å². The highest BCUT2D eigenvalue weighted by atomic mass is 32.2. The van der Waals surface area contributed by atoms with Crippen molar-refractivity contribution in [2.45, 2.75) is 37.6 Å². The van der Waals surface area contributed by atoms with E-state index in [1.165, 1.54) is 0 Å². The molecule has 1 aromatic rings. The molecular formula is C14H20N2O3S. The Hall–Kier alpha value is -1.40. The molecule has 1 aliphatic rings. The van der Waals surface area contributed by atoms with Gasteiger partial charge in [-0.1, -0.05) is 12.1 Å². The van der Waals surface area contributed by atoms with Crippen LogP contribution in [0.4, 0.5) is 5.69 Å². The van der Waals surface area contributed by atoms with Crippen LogP contribution in [0.5, 0.6) is 0 Å². The van der Waals surface area contributed by atoms with Gasteiger partial charge in [0.25, 0.3) is 0 Å². The standard InChI is InChI=1S/C14H20N2O3S/c1-11(2)15-20(18,19)14-8-4-3-7-13(14)16-9-5-6-12(17)10-16/h3-4,7-8,11,15H,5-6,9-10H2,1-2H3. The number of carbonyl (C=O) groups excluding carboxylic acids is 1. The number of hydrogen-bond donors (Lipinski definition) is 1. The van der Waals surface area contributed by atoms with Gasteiger partial charge in [-0.2, -0.15) is 0 Å². The third-order valence-corrected chi connectivity index (χ3v) is 4.84. The molecule has 20 heavy (non-hydrogen) atoms. The van der Waals surface area contributed by atoms with Gasteiger partial charge in [0.05, 0.1) is 12.2 Å². The second-order valence-electron chi connectivity index (χ2n) is 5.31. The number of carbonyl (C=O) groups is 1. The smallest absolute Gasteiger partial charge is 0.242 e. The molecule has 0 unspecified atom stereocenters. The Morgan fingerprint density at radius 2 is 1.95 bits per heavy atom. The molecule has 1 aliphatic heterocycles. The number of piperidine rings is 1. The Morgan fingerprint density at radius 3 is 2.60 bits per heavy atom. The molecule has 1 fully saturated rings. The van der Waals surface area contributed by atoms with Crippen molar-refractivity contribution in [1.82, 2.24) is 4.72 Å². The first-order valence-electron chi connectivity index (χ1n) is 6.78. The number of nitrogens with one attached hydrogen (secondary N) is 1. The Balaban J connectivity index is 2.38. The highest BCUT2D eigenvalue weighted by Crippen LogP contribution is 2.27. The molecule has 0 bridgehead atoms. The van der Waals surface area contributed by atoms with E-state index >= 15 is 0 Å². The number of para-hydroxylation sites is 1. The van der Waals surface area contributed by atoms with Crippen molar-refractivity contribution in [1.29, 1.82) is 0 Å². The van der Waals surface area contributed by atoms with E-state index in [1.807, 2.05) is 4.90 Å². The van der Waals surface area contributed by atoms with Crippen LogP contribution in [0.1, 0.15) is 26.7 Å². The molecule has 110 valence electrons. The maximum absolute atomic E-state index is 12.4. The fourth-order valence-electron chi connectivity index (χ4n) is 2.36. The lowest BCUT2D eigenvalue weighted by atomic mass is 10.1. The summed E-state index contributed by atoms with van der Waals surface area (Å²) in [7, 11) is -3.56. The van der Waals surface area contributed by atoms with Crippen molar-refractivity contribution < 1.29 is 13.2 Å². The molecule has 0 saturated carbocycles. The van der Waals surface area contributed by atoms with Crippen LogP contribution in [0.15, 0.2) is 29.2 Å². The first-order chi connectivity index (χ1) is 9.40. The lowest BCUT2D eigenvalue weighted by Gasteiger charge is -2.29. The summed E-state index contributed by atoms with van der Waals surface area (Å²) in [6, 6.07) is 6.66. The molecule has 0 aliphatic carbocycles. The summed E-state index contributed by atoms with van der Waals surface area (Å²) in [6.07, 6.45) is 1.35. The Kier molecular flexibility index (Phi) is 4.45. The van der Waals surface area contributed by atoms with Crippen LogP contribution in [-0.4, -0.2) is 33.3 Å². The first-order valence-corrected chi connectivity index (χ1v) is 8.26. The Labute approximate surface area is 120 Å². The molecule has 0 spiro atoms. The molecule has 1 heterocycles. The minimum absolute atomic E-state index is 0.153. The normalized spacial score (nSPS) is 16.8. The van der Waals surface area contributed by atoms with Crippen LogP contribution in [0.25, 0.3) is 0 Å². The van der Waals surface area contributed by atoms with E-state index < -0.39 is 10.0 Å². The lowest BCUT2D eigenvalue weighted by Crippen LogP contribution is -2.38. The maximum Gasteiger partial charge on any atom is 0.242 e. The predicted octanol–water partition coefficient (Wildman–Crippen LogP) is 1.54. The maximum atomic E-state index is 12.4. The van der Waals surface area contributed by atoms with Gasteiger partial charge in [0, 0.05) is 19.0 Å². The van der Waals surface area contributed by atoms with Gasteiger partial charge in [0.2, 0.25) is 10.0 Å². The monoisotopic (exact) mass is 296 g/mol. The summed E-state index contributed by atoms with van der Waals surface area (Å²) in [5.74, 6) is 0.153. The number of benzene rings is 1. The van der Waals surface area contributed by atoms with Crippen LogP contribution in [-0.2, 0) is 14.8 Å². The Bertz CT molecular complexity index is 596. The van der Waals surface area contributed by atoms with Gasteiger partial charge in [-0.25, -0.2) is 13.1 Å². The number of rotatable bonds is 4. The van der Waals surface area contributed by atoms with Gasteiger partial charge in [0.15, 0.2) is 5.78 Å². The fraction of sp³-hybridized carbons (Fsp3) is 0.500. The molecule has 2 rings (SSSR count). The molecule has 1 saturated heterocycles. The molecule has 0 radical (unpaired) electrons. The zero-order valence-electron chi connectivity index (χ0n) is 11.8. The highest BCUT2D eigenvalue weighted by molar-refractivity contribution is 7.89. The van der Waals surface area contributed by atoms with E-state index in [0.717, 1.165) is 6.42 Å². The van der Waals surface area contributed by atoms with Crippen molar-refractivity contribution in [3.8, 4) is 0 Å². The molecule has 6 heteroatoms. The molecule has 5 nitrogen and oxygen atoms in total. The molecule has 0 atom stereocenters. The van der Waals surface area contributed by atoms with Crippen molar-refractivity contribution in [2.24, 2.45) is 0 Å². The van der Waals surface area contributed by atoms with Gasteiger partial charge in [-0.15, -0.1) is 0 Å². The van der Waals surface area contributed by atoms with Crippen LogP contribution < -0.4 is 9.62 Å². The van der Waals surface area contributed by atoms with Crippen molar-refractivity contribution in [2.75, 3.05) is 18.0 Å². The van der Waals surface area contributed by atoms with Gasteiger partial charge < -0.3 is 4.90 Å². The van der Waals surface area contributed by atoms with E-state index in [4.69, 9.17) is 0 Å². The minimum Gasteiger partial charge on any atom is -0.363 e. The van der Waals surface area contributed by atoms with Gasteiger partial charge >= 0.3 is 0 Å². The number of sulfonamides is 1. The van der Waals surface area contributed by atoms with Gasteiger partial charge in [0.1, 0.15) is 4.90 Å². The second kappa shape index (κ2) is 5.93. The average Bonchev–Trinajstić information content (AvgIpc) is 2.37. The summed E-state index contributed by atoms with van der Waals surface area (Å²) in [4.78, 5) is 13.7. The minimum atomic E-state index is -3.56. The third-order valence-electron chi connectivity index (χ3n) is 3.14. The summed E-state index contributed by atoms with van der Waals surface area (Å²) >= 11 is 0. The molecule has 1 aromatic carbocycles. The highest BCUT2D eigenvalue weighted by Gasteiger charge is 2.25. The van der Waals surface area contributed by atoms with E-state index in [-0.39, 0.29) is 23.3 Å². The van der Waals surface area contributed by atoms with E-state index in [0.29, 0.717) is 18.7 Å². The van der Waals surface area contributed by atoms with Crippen LogP contribution in [0.2, 0.25) is 0 Å². The van der Waals surface area contributed by atoms with Crippen LogP contribution in [0, 0.1) is 0 Å². The average molecular weight is 296 g/mol. The first kappa shape index (κ1) is 15.0. The van der Waals surface area contributed by atoms with Crippen LogP contribution >= 0.6 is 0 Å². The molecule has 0 amide bonds. The summed E-state index contributed by atoms with van der Waals surface area (Å²) in [5.41, 5.74) is 0.605. The third kappa shape index (κ3) is 3.37. The summed E-state index contributed by atoms with van der Waals surface area (Å²) in [5, 5.41) is 0. The quantitative estimate of drug-likeness (QED) is 0.915. The van der Waals surface area contributed by atoms with Crippen LogP contribution in [0.3, 0.4) is 0 Å². The predicted molar refractivity (Wildman–Crippen MR) is 78.4 cm³/mol. The van der Waals surface area contributed by atoms with Gasteiger partial charge in [-0.05, 0) is 32.4 Å². The fourth-order valence-corrected chi connectivity index (χ4v) is 3.84. The van der Waals surface area contributed by atoms with E-state index in [9.17, 15) is 13.2 Å². The lowest BCUT2D eigenvalue weighted by molar-refractivity contribution is -0.118. The zero-order chi connectivity index (χ0) is 14.8. The molecule has 1 N–H and O–H groups in total. The summed E-state index contributed by atoms with van der Waals surface area (Å²) < 4.78 is 27.3. The number of anilines is 1. The number of ketones is 1. The van der Waals surface area contributed by atoms with Crippen molar-refractivity contribution in [3.63, 3.8) is 0 Å². The van der Waals surface area contributed by atoms with E-state index in [2.05, 4.69) is 4.72 Å². The number of Topliss-reactive ketones (excluding diaryl/α,β-unsaturated/α-hetero) is 1. The van der Waals surface area contributed by atoms with Gasteiger partial charge in [-0.3, -0.25) is 4.79 Å². The SMILES string of the molecule is CC(C)NS(=O)(=O)c1ccccc1N1CCCC(=O)C1. The largest absolute Gasteiger partial charge is 0.363 e. The molecular weight excluding hydrogens is 276 g/mol. The van der Waals surface area contributed by atoms with E-state index in [1.54, 1.807) is 38.1 Å². The van der Waals surface area contributed by atoms with Crippen molar-refractivity contribution in [3.05, 3.63) is 24.3 Å².